The SMILES string of the molecule is CC(C)C1C=Cc2cc(C3=CC4=C(CCc5ccccc54)C3)ccc21. The normalized spacial score (nSPS) is 20.6. The largest absolute Gasteiger partial charge is 0.0761 e. The lowest BCUT2D eigenvalue weighted by atomic mass is 9.87. The van der Waals surface area contributed by atoms with Crippen molar-refractivity contribution in [1.29, 1.82) is 0 Å². The predicted octanol–water partition coefficient (Wildman–Crippen LogP) is 6.64. The van der Waals surface area contributed by atoms with Gasteiger partial charge in [-0.25, -0.2) is 0 Å². The Kier molecular flexibility index (Phi) is 3.35. The summed E-state index contributed by atoms with van der Waals surface area (Å²) in [6, 6.07) is 16.0. The summed E-state index contributed by atoms with van der Waals surface area (Å²) in [6.45, 7) is 4.62. The van der Waals surface area contributed by atoms with Gasteiger partial charge >= 0.3 is 0 Å². The van der Waals surface area contributed by atoms with Crippen molar-refractivity contribution in [2.45, 2.75) is 39.0 Å². The fourth-order valence-corrected chi connectivity index (χ4v) is 4.73. The molecular formula is C25H24. The minimum absolute atomic E-state index is 0.583. The van der Waals surface area contributed by atoms with Gasteiger partial charge < -0.3 is 0 Å². The average Bonchev–Trinajstić information content (AvgIpc) is 3.25. The van der Waals surface area contributed by atoms with Gasteiger partial charge in [-0.1, -0.05) is 74.0 Å². The number of rotatable bonds is 2. The molecular weight excluding hydrogens is 300 g/mol. The van der Waals surface area contributed by atoms with Crippen molar-refractivity contribution >= 4 is 17.2 Å². The standard InChI is InChI=1S/C25H24/c1-16(2)22-11-10-19-13-18(9-12-24(19)22)21-14-20-8-7-17-5-3-4-6-23(17)25(20)15-21/h3-6,9-13,15-16,22H,7-8,14H2,1-2H3. The maximum absolute atomic E-state index is 2.45. The lowest BCUT2D eigenvalue weighted by Gasteiger charge is -2.18. The minimum atomic E-state index is 0.583. The van der Waals surface area contributed by atoms with E-state index in [2.05, 4.69) is 74.5 Å². The van der Waals surface area contributed by atoms with E-state index in [0.29, 0.717) is 11.8 Å². The zero-order valence-electron chi connectivity index (χ0n) is 15.0. The highest BCUT2D eigenvalue weighted by molar-refractivity contribution is 5.93. The molecule has 0 spiro atoms. The number of hydrogen-bond acceptors (Lipinski definition) is 0. The fraction of sp³-hybridized carbons (Fsp3) is 0.280. The lowest BCUT2D eigenvalue weighted by molar-refractivity contribution is 0.584. The first-order valence-corrected chi connectivity index (χ1v) is 9.54. The van der Waals surface area contributed by atoms with Crippen LogP contribution in [-0.2, 0) is 6.42 Å². The summed E-state index contributed by atoms with van der Waals surface area (Å²) in [5.74, 6) is 1.25. The summed E-state index contributed by atoms with van der Waals surface area (Å²) in [5.41, 5.74) is 11.9. The van der Waals surface area contributed by atoms with Gasteiger partial charge in [0.05, 0.1) is 0 Å². The maximum Gasteiger partial charge on any atom is 0.00502 e. The van der Waals surface area contributed by atoms with Crippen molar-refractivity contribution < 1.29 is 0 Å². The van der Waals surface area contributed by atoms with E-state index in [1.165, 1.54) is 51.8 Å². The molecule has 0 heterocycles. The van der Waals surface area contributed by atoms with Crippen LogP contribution in [0.2, 0.25) is 0 Å². The Labute approximate surface area is 150 Å². The van der Waals surface area contributed by atoms with Gasteiger partial charge in [0.25, 0.3) is 0 Å². The van der Waals surface area contributed by atoms with Crippen molar-refractivity contribution in [3.05, 3.63) is 88.0 Å². The van der Waals surface area contributed by atoms with E-state index in [1.54, 1.807) is 5.57 Å². The van der Waals surface area contributed by atoms with E-state index >= 15 is 0 Å². The second kappa shape index (κ2) is 5.59. The van der Waals surface area contributed by atoms with E-state index < -0.39 is 0 Å². The molecule has 0 bridgehead atoms. The van der Waals surface area contributed by atoms with Crippen LogP contribution >= 0.6 is 0 Å². The van der Waals surface area contributed by atoms with Gasteiger partial charge in [0.2, 0.25) is 0 Å². The van der Waals surface area contributed by atoms with Crippen LogP contribution in [0.5, 0.6) is 0 Å². The Morgan fingerprint density at radius 3 is 2.76 bits per heavy atom. The summed E-state index contributed by atoms with van der Waals surface area (Å²) in [5, 5.41) is 0. The third kappa shape index (κ3) is 2.35. The van der Waals surface area contributed by atoms with Crippen LogP contribution in [0.3, 0.4) is 0 Å². The molecule has 0 amide bonds. The van der Waals surface area contributed by atoms with Gasteiger partial charge in [-0.15, -0.1) is 0 Å². The summed E-state index contributed by atoms with van der Waals surface area (Å²) in [7, 11) is 0. The first-order valence-electron chi connectivity index (χ1n) is 9.54. The Morgan fingerprint density at radius 2 is 1.88 bits per heavy atom. The van der Waals surface area contributed by atoms with Crippen molar-refractivity contribution in [2.75, 3.05) is 0 Å². The summed E-state index contributed by atoms with van der Waals surface area (Å²) >= 11 is 0. The van der Waals surface area contributed by atoms with E-state index in [-0.39, 0.29) is 0 Å². The van der Waals surface area contributed by atoms with E-state index in [0.717, 1.165) is 6.42 Å². The zero-order chi connectivity index (χ0) is 17.0. The molecule has 1 atom stereocenters. The number of aryl methyl sites for hydroxylation is 1. The van der Waals surface area contributed by atoms with E-state index in [1.807, 2.05) is 0 Å². The lowest BCUT2D eigenvalue weighted by Crippen LogP contribution is -2.02. The molecule has 3 aliphatic rings. The summed E-state index contributed by atoms with van der Waals surface area (Å²) in [4.78, 5) is 0. The molecule has 124 valence electrons. The van der Waals surface area contributed by atoms with Crippen LogP contribution in [0.25, 0.3) is 17.2 Å². The van der Waals surface area contributed by atoms with Gasteiger partial charge in [-0.2, -0.15) is 0 Å². The number of fused-ring (bicyclic) bond motifs is 3. The molecule has 0 saturated heterocycles. The smallest absolute Gasteiger partial charge is 0.00502 e. The molecule has 0 N–H and O–H groups in total. The molecule has 0 saturated carbocycles. The zero-order valence-corrected chi connectivity index (χ0v) is 15.0. The third-order valence-corrected chi connectivity index (χ3v) is 6.13. The average molecular weight is 324 g/mol. The Hall–Kier alpha value is -2.34. The highest BCUT2D eigenvalue weighted by Gasteiger charge is 2.25. The number of allylic oxidation sites excluding steroid dienone is 5. The van der Waals surface area contributed by atoms with E-state index in [4.69, 9.17) is 0 Å². The third-order valence-electron chi connectivity index (χ3n) is 6.13. The van der Waals surface area contributed by atoms with Gasteiger partial charge in [-0.05, 0) is 70.2 Å². The number of hydrogen-bond donors (Lipinski definition) is 0. The monoisotopic (exact) mass is 324 g/mol. The van der Waals surface area contributed by atoms with Gasteiger partial charge in [0.15, 0.2) is 0 Å². The molecule has 5 rings (SSSR count). The molecule has 0 aromatic heterocycles. The summed E-state index contributed by atoms with van der Waals surface area (Å²) < 4.78 is 0. The maximum atomic E-state index is 2.45. The van der Waals surface area contributed by atoms with Gasteiger partial charge in [0, 0.05) is 5.92 Å². The molecule has 3 aliphatic carbocycles. The van der Waals surface area contributed by atoms with Crippen LogP contribution in [-0.4, -0.2) is 0 Å². The molecule has 1 unspecified atom stereocenters. The van der Waals surface area contributed by atoms with E-state index in [9.17, 15) is 0 Å². The highest BCUT2D eigenvalue weighted by atomic mass is 14.3. The molecule has 2 aromatic rings. The van der Waals surface area contributed by atoms with Crippen LogP contribution in [0, 0.1) is 5.92 Å². The van der Waals surface area contributed by atoms with Crippen molar-refractivity contribution in [2.24, 2.45) is 5.92 Å². The topological polar surface area (TPSA) is 0 Å². The summed E-state index contributed by atoms with van der Waals surface area (Å²) in [6.07, 6.45) is 10.7. The molecule has 0 aliphatic heterocycles. The Bertz CT molecular complexity index is 950. The Morgan fingerprint density at radius 1 is 1.00 bits per heavy atom. The molecule has 25 heavy (non-hydrogen) atoms. The van der Waals surface area contributed by atoms with Crippen molar-refractivity contribution in [3.8, 4) is 0 Å². The van der Waals surface area contributed by atoms with Gasteiger partial charge in [-0.3, -0.25) is 0 Å². The highest BCUT2D eigenvalue weighted by Crippen LogP contribution is 2.44. The van der Waals surface area contributed by atoms with Crippen LogP contribution in [0.1, 0.15) is 60.4 Å². The van der Waals surface area contributed by atoms with Crippen LogP contribution in [0.4, 0.5) is 0 Å². The molecule has 0 radical (unpaired) electrons. The van der Waals surface area contributed by atoms with Crippen LogP contribution in [0.15, 0.2) is 60.2 Å². The van der Waals surface area contributed by atoms with Crippen molar-refractivity contribution in [1.82, 2.24) is 0 Å². The Balaban J connectivity index is 1.50. The molecule has 0 heteroatoms. The molecule has 0 fully saturated rings. The number of benzene rings is 2. The van der Waals surface area contributed by atoms with Crippen molar-refractivity contribution in [3.63, 3.8) is 0 Å². The predicted molar refractivity (Wildman–Crippen MR) is 107 cm³/mol. The molecule has 0 nitrogen and oxygen atoms in total. The van der Waals surface area contributed by atoms with Gasteiger partial charge in [0.1, 0.15) is 0 Å². The fourth-order valence-electron chi connectivity index (χ4n) is 4.73. The second-order valence-corrected chi connectivity index (χ2v) is 7.99. The minimum Gasteiger partial charge on any atom is -0.0761 e. The van der Waals surface area contributed by atoms with Crippen LogP contribution < -0.4 is 0 Å². The second-order valence-electron chi connectivity index (χ2n) is 7.99. The molecule has 2 aromatic carbocycles. The first kappa shape index (κ1) is 15.0. The quantitative estimate of drug-likeness (QED) is 0.581. The first-order chi connectivity index (χ1) is 12.2.